The molecule has 1 atom stereocenters. The van der Waals surface area contributed by atoms with Gasteiger partial charge in [-0.1, -0.05) is 11.6 Å². The quantitative estimate of drug-likeness (QED) is 0.924. The van der Waals surface area contributed by atoms with Crippen LogP contribution >= 0.6 is 11.6 Å². The Kier molecular flexibility index (Phi) is 4.66. The van der Waals surface area contributed by atoms with E-state index in [2.05, 4.69) is 0 Å². The van der Waals surface area contributed by atoms with E-state index in [4.69, 9.17) is 22.1 Å². The van der Waals surface area contributed by atoms with Crippen LogP contribution in [-0.4, -0.2) is 37.6 Å². The summed E-state index contributed by atoms with van der Waals surface area (Å²) in [5.41, 5.74) is 6.22. The first kappa shape index (κ1) is 14.2. The predicted octanol–water partition coefficient (Wildman–Crippen LogP) is 2.16. The van der Waals surface area contributed by atoms with Crippen LogP contribution < -0.4 is 10.5 Å². The fraction of sp³-hybridized carbons (Fsp3) is 0.500. The van der Waals surface area contributed by atoms with Gasteiger partial charge in [-0.25, -0.2) is 0 Å². The van der Waals surface area contributed by atoms with Gasteiger partial charge in [-0.05, 0) is 43.5 Å². The molecule has 1 heterocycles. The van der Waals surface area contributed by atoms with Crippen molar-refractivity contribution in [2.24, 2.45) is 11.7 Å². The van der Waals surface area contributed by atoms with E-state index in [1.54, 1.807) is 25.3 Å². The third kappa shape index (κ3) is 3.19. The van der Waals surface area contributed by atoms with E-state index in [9.17, 15) is 4.79 Å². The maximum absolute atomic E-state index is 12.5. The molecule has 2 rings (SSSR count). The summed E-state index contributed by atoms with van der Waals surface area (Å²) in [6.07, 6.45) is 2.09. The zero-order valence-corrected chi connectivity index (χ0v) is 11.8. The van der Waals surface area contributed by atoms with Gasteiger partial charge in [0, 0.05) is 18.1 Å². The third-order valence-corrected chi connectivity index (χ3v) is 3.77. The number of nitrogens with zero attached hydrogens (tertiary/aromatic N) is 1. The van der Waals surface area contributed by atoms with Crippen LogP contribution in [0.5, 0.6) is 5.75 Å². The molecule has 0 saturated carbocycles. The van der Waals surface area contributed by atoms with Crippen LogP contribution in [0.3, 0.4) is 0 Å². The number of amides is 1. The highest BCUT2D eigenvalue weighted by Crippen LogP contribution is 2.26. The first-order valence-corrected chi connectivity index (χ1v) is 6.86. The average molecular weight is 283 g/mol. The van der Waals surface area contributed by atoms with Crippen molar-refractivity contribution in [2.45, 2.75) is 12.8 Å². The first-order chi connectivity index (χ1) is 9.15. The molecule has 1 aromatic carbocycles. The molecule has 0 aliphatic carbocycles. The van der Waals surface area contributed by atoms with Crippen LogP contribution in [0.25, 0.3) is 0 Å². The van der Waals surface area contributed by atoms with Crippen LogP contribution in [0, 0.1) is 5.92 Å². The Morgan fingerprint density at radius 1 is 1.58 bits per heavy atom. The SMILES string of the molecule is COc1ccc(Cl)cc1C(=O)N1CCCC(CN)C1. The fourth-order valence-corrected chi connectivity index (χ4v) is 2.63. The van der Waals surface area contributed by atoms with Crippen molar-refractivity contribution < 1.29 is 9.53 Å². The minimum atomic E-state index is -0.0301. The van der Waals surface area contributed by atoms with E-state index in [0.29, 0.717) is 35.3 Å². The van der Waals surface area contributed by atoms with E-state index in [-0.39, 0.29) is 5.91 Å². The van der Waals surface area contributed by atoms with Gasteiger partial charge in [0.15, 0.2) is 0 Å². The van der Waals surface area contributed by atoms with E-state index >= 15 is 0 Å². The molecule has 1 amide bonds. The minimum Gasteiger partial charge on any atom is -0.496 e. The number of hydrogen-bond donors (Lipinski definition) is 1. The highest BCUT2D eigenvalue weighted by Gasteiger charge is 2.25. The van der Waals surface area contributed by atoms with E-state index in [1.165, 1.54) is 0 Å². The normalized spacial score (nSPS) is 19.3. The second kappa shape index (κ2) is 6.26. The molecule has 1 saturated heterocycles. The van der Waals surface area contributed by atoms with Crippen molar-refractivity contribution in [2.75, 3.05) is 26.7 Å². The average Bonchev–Trinajstić information content (AvgIpc) is 2.46. The van der Waals surface area contributed by atoms with Crippen LogP contribution in [0.1, 0.15) is 23.2 Å². The topological polar surface area (TPSA) is 55.6 Å². The lowest BCUT2D eigenvalue weighted by Crippen LogP contribution is -2.42. The molecule has 0 aromatic heterocycles. The summed E-state index contributed by atoms with van der Waals surface area (Å²) in [6, 6.07) is 5.10. The Hall–Kier alpha value is -1.26. The van der Waals surface area contributed by atoms with Crippen LogP contribution in [0.4, 0.5) is 0 Å². The molecule has 104 valence electrons. The van der Waals surface area contributed by atoms with Crippen molar-refractivity contribution in [3.05, 3.63) is 28.8 Å². The minimum absolute atomic E-state index is 0.0301. The largest absolute Gasteiger partial charge is 0.496 e. The van der Waals surface area contributed by atoms with Gasteiger partial charge in [-0.3, -0.25) is 4.79 Å². The molecule has 0 radical (unpaired) electrons. The van der Waals surface area contributed by atoms with Crippen LogP contribution in [-0.2, 0) is 0 Å². The van der Waals surface area contributed by atoms with Crippen molar-refractivity contribution in [1.82, 2.24) is 4.90 Å². The highest BCUT2D eigenvalue weighted by atomic mass is 35.5. The van der Waals surface area contributed by atoms with E-state index < -0.39 is 0 Å². The molecule has 1 fully saturated rings. The third-order valence-electron chi connectivity index (χ3n) is 3.53. The Morgan fingerprint density at radius 2 is 2.37 bits per heavy atom. The molecule has 1 aromatic rings. The Morgan fingerprint density at radius 3 is 3.05 bits per heavy atom. The smallest absolute Gasteiger partial charge is 0.257 e. The molecule has 5 heteroatoms. The number of benzene rings is 1. The number of rotatable bonds is 3. The lowest BCUT2D eigenvalue weighted by atomic mass is 9.97. The van der Waals surface area contributed by atoms with Crippen LogP contribution in [0.2, 0.25) is 5.02 Å². The molecule has 1 aliphatic heterocycles. The Labute approximate surface area is 118 Å². The highest BCUT2D eigenvalue weighted by molar-refractivity contribution is 6.31. The van der Waals surface area contributed by atoms with E-state index in [0.717, 1.165) is 19.4 Å². The van der Waals surface area contributed by atoms with Gasteiger partial charge in [0.05, 0.1) is 12.7 Å². The molecular weight excluding hydrogens is 264 g/mol. The van der Waals surface area contributed by atoms with Crippen molar-refractivity contribution >= 4 is 17.5 Å². The fourth-order valence-electron chi connectivity index (χ4n) is 2.46. The molecule has 19 heavy (non-hydrogen) atoms. The predicted molar refractivity (Wildman–Crippen MR) is 75.7 cm³/mol. The van der Waals surface area contributed by atoms with Crippen molar-refractivity contribution in [3.8, 4) is 5.75 Å². The molecule has 1 aliphatic rings. The summed E-state index contributed by atoms with van der Waals surface area (Å²) in [7, 11) is 1.55. The summed E-state index contributed by atoms with van der Waals surface area (Å²) >= 11 is 5.97. The van der Waals surface area contributed by atoms with Gasteiger partial charge < -0.3 is 15.4 Å². The number of methoxy groups -OCH3 is 1. The van der Waals surface area contributed by atoms with Gasteiger partial charge in [0.2, 0.25) is 0 Å². The number of nitrogens with two attached hydrogens (primary N) is 1. The summed E-state index contributed by atoms with van der Waals surface area (Å²) in [6.45, 7) is 2.10. The zero-order chi connectivity index (χ0) is 13.8. The number of piperidine rings is 1. The molecular formula is C14H19ClN2O2. The Balaban J connectivity index is 2.21. The second-order valence-electron chi connectivity index (χ2n) is 4.84. The summed E-state index contributed by atoms with van der Waals surface area (Å²) in [4.78, 5) is 14.4. The van der Waals surface area contributed by atoms with Gasteiger partial charge in [-0.2, -0.15) is 0 Å². The maximum atomic E-state index is 12.5. The van der Waals surface area contributed by atoms with Gasteiger partial charge >= 0.3 is 0 Å². The standard InChI is InChI=1S/C14H19ClN2O2/c1-19-13-5-4-11(15)7-12(13)14(18)17-6-2-3-10(8-16)9-17/h4-5,7,10H,2-3,6,8-9,16H2,1H3. The second-order valence-corrected chi connectivity index (χ2v) is 5.28. The lowest BCUT2D eigenvalue weighted by molar-refractivity contribution is 0.0675. The molecule has 2 N–H and O–H groups in total. The zero-order valence-electron chi connectivity index (χ0n) is 11.1. The number of hydrogen-bond acceptors (Lipinski definition) is 3. The van der Waals surface area contributed by atoms with Gasteiger partial charge in [0.1, 0.15) is 5.75 Å². The lowest BCUT2D eigenvalue weighted by Gasteiger charge is -2.32. The number of carbonyl (C=O) groups is 1. The number of carbonyl (C=O) groups excluding carboxylic acids is 1. The van der Waals surface area contributed by atoms with Crippen molar-refractivity contribution in [3.63, 3.8) is 0 Å². The van der Waals surface area contributed by atoms with Crippen molar-refractivity contribution in [1.29, 1.82) is 0 Å². The molecule has 0 spiro atoms. The monoisotopic (exact) mass is 282 g/mol. The number of likely N-dealkylation sites (tertiary alicyclic amines) is 1. The van der Waals surface area contributed by atoms with Gasteiger partial charge in [0.25, 0.3) is 5.91 Å². The number of ether oxygens (including phenoxy) is 1. The van der Waals surface area contributed by atoms with Crippen LogP contribution in [0.15, 0.2) is 18.2 Å². The summed E-state index contributed by atoms with van der Waals surface area (Å²) < 4.78 is 5.23. The Bertz CT molecular complexity index is 465. The van der Waals surface area contributed by atoms with E-state index in [1.807, 2.05) is 4.90 Å². The van der Waals surface area contributed by atoms with Gasteiger partial charge in [-0.15, -0.1) is 0 Å². The molecule has 0 bridgehead atoms. The summed E-state index contributed by atoms with van der Waals surface area (Å²) in [5.74, 6) is 0.921. The summed E-state index contributed by atoms with van der Waals surface area (Å²) in [5, 5.41) is 0.538. The first-order valence-electron chi connectivity index (χ1n) is 6.48. The number of halogens is 1. The molecule has 1 unspecified atom stereocenters. The molecule has 4 nitrogen and oxygen atoms in total. The maximum Gasteiger partial charge on any atom is 0.257 e.